The predicted molar refractivity (Wildman–Crippen MR) is 94.1 cm³/mol. The first-order valence-corrected chi connectivity index (χ1v) is 8.08. The maximum Gasteiger partial charge on any atom is 0.382 e. The average Bonchev–Trinajstić information content (AvgIpc) is 2.49. The van der Waals surface area contributed by atoms with Crippen LogP contribution in [-0.4, -0.2) is 17.3 Å². The lowest BCUT2D eigenvalue weighted by molar-refractivity contribution is 0.131. The normalized spacial score (nSPS) is 12.0. The molecule has 1 heterocycles. The number of aromatic hydroxyl groups is 1. The zero-order valence-electron chi connectivity index (χ0n) is 14.6. The number of hydrogen-bond acceptors (Lipinski definition) is 5. The molecular weight excluding hydrogens is 308 g/mol. The highest BCUT2D eigenvalue weighted by Gasteiger charge is 2.17. The molecule has 0 aliphatic carbocycles. The number of benzene rings is 1. The minimum Gasteiger partial charge on any atom is -0.499 e. The van der Waals surface area contributed by atoms with Gasteiger partial charge in [0, 0.05) is 6.07 Å². The van der Waals surface area contributed by atoms with E-state index < -0.39 is 11.4 Å². The quantitative estimate of drug-likeness (QED) is 0.482. The number of allylic oxidation sites excluding steroid dienone is 1. The van der Waals surface area contributed by atoms with E-state index in [0.29, 0.717) is 29.7 Å². The highest BCUT2D eigenvalue weighted by molar-refractivity contribution is 5.86. The Kier molecular flexibility index (Phi) is 5.54. The lowest BCUT2D eigenvalue weighted by Crippen LogP contribution is -2.22. The number of hydrogen-bond donors (Lipinski definition) is 1. The highest BCUT2D eigenvalue weighted by atomic mass is 16.5. The summed E-state index contributed by atoms with van der Waals surface area (Å²) in [5.41, 5.74) is -0.872. The van der Waals surface area contributed by atoms with Gasteiger partial charge in [-0.05, 0) is 45.7 Å². The van der Waals surface area contributed by atoms with Crippen molar-refractivity contribution in [3.05, 3.63) is 40.8 Å². The third-order valence-electron chi connectivity index (χ3n) is 3.17. The Labute approximate surface area is 141 Å². The van der Waals surface area contributed by atoms with Crippen molar-refractivity contribution >= 4 is 11.0 Å². The Morgan fingerprint density at radius 1 is 1.25 bits per heavy atom. The van der Waals surface area contributed by atoms with Crippen LogP contribution in [-0.2, 0) is 0 Å². The first kappa shape index (κ1) is 17.9. The van der Waals surface area contributed by atoms with Gasteiger partial charge in [0.15, 0.2) is 5.75 Å². The Hall–Kier alpha value is -2.43. The van der Waals surface area contributed by atoms with Crippen molar-refractivity contribution in [2.75, 3.05) is 6.61 Å². The molecule has 0 radical (unpaired) electrons. The van der Waals surface area contributed by atoms with Crippen molar-refractivity contribution in [3.8, 4) is 17.2 Å². The van der Waals surface area contributed by atoms with Crippen LogP contribution in [0.25, 0.3) is 11.0 Å². The van der Waals surface area contributed by atoms with Gasteiger partial charge >= 0.3 is 5.63 Å². The van der Waals surface area contributed by atoms with Crippen LogP contribution in [0.3, 0.4) is 0 Å². The fourth-order valence-corrected chi connectivity index (χ4v) is 2.22. The second-order valence-electron chi connectivity index (χ2n) is 6.46. The van der Waals surface area contributed by atoms with Crippen LogP contribution < -0.4 is 15.1 Å². The minimum absolute atomic E-state index is 0.147. The summed E-state index contributed by atoms with van der Waals surface area (Å²) in [6, 6.07) is 5.11. The molecule has 0 unspecified atom stereocenters. The summed E-state index contributed by atoms with van der Waals surface area (Å²) in [5, 5.41) is 10.5. The van der Waals surface area contributed by atoms with Crippen molar-refractivity contribution in [3.63, 3.8) is 0 Å². The van der Waals surface area contributed by atoms with Crippen LogP contribution in [0, 0.1) is 0 Å². The third kappa shape index (κ3) is 4.54. The minimum atomic E-state index is -0.825. The molecule has 0 amide bonds. The van der Waals surface area contributed by atoms with E-state index in [9.17, 15) is 9.90 Å². The van der Waals surface area contributed by atoms with Gasteiger partial charge < -0.3 is 19.0 Å². The Morgan fingerprint density at radius 3 is 2.67 bits per heavy atom. The van der Waals surface area contributed by atoms with Crippen molar-refractivity contribution in [2.24, 2.45) is 0 Å². The van der Waals surface area contributed by atoms with Gasteiger partial charge in [0.2, 0.25) is 5.75 Å². The lowest BCUT2D eigenvalue weighted by Gasteiger charge is -2.21. The molecule has 0 atom stereocenters. The van der Waals surface area contributed by atoms with Gasteiger partial charge in [-0.2, -0.15) is 0 Å². The number of fused-ring (bicyclic) bond motifs is 1. The van der Waals surface area contributed by atoms with Crippen molar-refractivity contribution in [2.45, 2.75) is 46.1 Å². The second kappa shape index (κ2) is 7.43. The van der Waals surface area contributed by atoms with Crippen LogP contribution in [0.4, 0.5) is 0 Å². The highest BCUT2D eigenvalue weighted by Crippen LogP contribution is 2.34. The number of ether oxygens (including phenoxy) is 2. The molecule has 0 fully saturated rings. The van der Waals surface area contributed by atoms with Crippen molar-refractivity contribution in [1.82, 2.24) is 0 Å². The Bertz CT molecular complexity index is 781. The molecule has 0 saturated carbocycles. The van der Waals surface area contributed by atoms with E-state index in [2.05, 4.69) is 6.92 Å². The summed E-state index contributed by atoms with van der Waals surface area (Å²) >= 11 is 0. The summed E-state index contributed by atoms with van der Waals surface area (Å²) in [4.78, 5) is 11.8. The molecule has 0 saturated heterocycles. The fraction of sp³-hybridized carbons (Fsp3) is 0.421. The molecule has 0 spiro atoms. The molecular formula is C19H24O5. The molecule has 0 aliphatic heterocycles. The zero-order valence-corrected chi connectivity index (χ0v) is 14.6. The van der Waals surface area contributed by atoms with Gasteiger partial charge in [-0.15, -0.1) is 0 Å². The van der Waals surface area contributed by atoms with E-state index in [1.807, 2.05) is 32.9 Å². The summed E-state index contributed by atoms with van der Waals surface area (Å²) in [5.74, 6) is 0.223. The van der Waals surface area contributed by atoms with E-state index in [0.717, 1.165) is 6.42 Å². The lowest BCUT2D eigenvalue weighted by atomic mass is 10.1. The van der Waals surface area contributed by atoms with E-state index >= 15 is 0 Å². The van der Waals surface area contributed by atoms with E-state index in [1.165, 1.54) is 0 Å². The molecule has 0 bridgehead atoms. The first-order valence-electron chi connectivity index (χ1n) is 8.08. The zero-order chi connectivity index (χ0) is 17.7. The molecule has 24 heavy (non-hydrogen) atoms. The van der Waals surface area contributed by atoms with E-state index in [4.69, 9.17) is 13.9 Å². The molecule has 5 heteroatoms. The van der Waals surface area contributed by atoms with E-state index in [1.54, 1.807) is 18.2 Å². The van der Waals surface area contributed by atoms with Crippen LogP contribution >= 0.6 is 0 Å². The van der Waals surface area contributed by atoms with Crippen LogP contribution in [0.15, 0.2) is 39.6 Å². The maximum atomic E-state index is 11.8. The van der Waals surface area contributed by atoms with Crippen LogP contribution in [0.2, 0.25) is 0 Å². The van der Waals surface area contributed by atoms with Gasteiger partial charge in [-0.25, -0.2) is 4.79 Å². The second-order valence-corrected chi connectivity index (χ2v) is 6.46. The predicted octanol–water partition coefficient (Wildman–Crippen LogP) is 4.41. The third-order valence-corrected chi connectivity index (χ3v) is 3.17. The molecule has 2 aromatic rings. The summed E-state index contributed by atoms with van der Waals surface area (Å²) in [6.07, 6.45) is 5.69. The monoisotopic (exact) mass is 332 g/mol. The van der Waals surface area contributed by atoms with Crippen molar-refractivity contribution < 1.29 is 19.0 Å². The van der Waals surface area contributed by atoms with E-state index in [-0.39, 0.29) is 11.4 Å². The molecule has 130 valence electrons. The van der Waals surface area contributed by atoms with Gasteiger partial charge in [0.1, 0.15) is 16.9 Å². The van der Waals surface area contributed by atoms with Crippen LogP contribution in [0.5, 0.6) is 17.2 Å². The summed E-state index contributed by atoms with van der Waals surface area (Å²) < 4.78 is 16.5. The molecule has 1 aromatic carbocycles. The summed E-state index contributed by atoms with van der Waals surface area (Å²) in [7, 11) is 0. The molecule has 0 aliphatic rings. The standard InChI is InChI=1S/C19H24O5/c1-5-6-7-8-11-22-17-14-10-9-13(24-19(2,3)4)12-15(14)23-18(21)16(17)20/h6-7,9-10,12,20H,5,8,11H2,1-4H3/b7-6+. The molecule has 1 N–H and O–H groups in total. The van der Waals surface area contributed by atoms with Gasteiger partial charge in [0.05, 0.1) is 12.0 Å². The van der Waals surface area contributed by atoms with Crippen LogP contribution in [0.1, 0.15) is 40.5 Å². The van der Waals surface area contributed by atoms with Gasteiger partial charge in [-0.3, -0.25) is 0 Å². The molecule has 5 nitrogen and oxygen atoms in total. The van der Waals surface area contributed by atoms with Gasteiger partial charge in [0.25, 0.3) is 0 Å². The average molecular weight is 332 g/mol. The Morgan fingerprint density at radius 2 is 2.00 bits per heavy atom. The SMILES string of the molecule is CC/C=C/CCOc1c(O)c(=O)oc2cc(OC(C)(C)C)ccc12. The largest absolute Gasteiger partial charge is 0.499 e. The smallest absolute Gasteiger partial charge is 0.382 e. The topological polar surface area (TPSA) is 68.9 Å². The fourth-order valence-electron chi connectivity index (χ4n) is 2.22. The number of rotatable bonds is 6. The molecule has 1 aromatic heterocycles. The van der Waals surface area contributed by atoms with Gasteiger partial charge in [-0.1, -0.05) is 19.1 Å². The summed E-state index contributed by atoms with van der Waals surface area (Å²) in [6.45, 7) is 8.22. The first-order chi connectivity index (χ1) is 11.3. The molecule has 2 rings (SSSR count). The Balaban J connectivity index is 2.34. The maximum absolute atomic E-state index is 11.8. The van der Waals surface area contributed by atoms with Crippen molar-refractivity contribution in [1.29, 1.82) is 0 Å².